The van der Waals surface area contributed by atoms with Crippen LogP contribution >= 0.6 is 34.7 Å². The molecule has 0 radical (unpaired) electrons. The number of hydrogen-bond acceptors (Lipinski definition) is 6. The minimum Gasteiger partial charge on any atom is -0.325 e. The molecule has 0 aliphatic heterocycles. The van der Waals surface area contributed by atoms with Crippen LogP contribution in [0.15, 0.2) is 32.9 Å². The van der Waals surface area contributed by atoms with Gasteiger partial charge in [-0.15, -0.1) is 10.2 Å². The number of hydrogen-bond donors (Lipinski definition) is 2. The van der Waals surface area contributed by atoms with E-state index in [1.807, 2.05) is 19.9 Å². The number of halogens is 1. The molecule has 5 nitrogen and oxygen atoms in total. The van der Waals surface area contributed by atoms with E-state index in [2.05, 4.69) is 15.5 Å². The minimum atomic E-state index is -0.542. The van der Waals surface area contributed by atoms with Crippen molar-refractivity contribution in [1.29, 1.82) is 0 Å². The molecule has 1 aromatic heterocycles. The lowest BCUT2D eigenvalue weighted by atomic mass is 10.1. The SMILES string of the molecule is CC(C)[C@H](N)C(=O)Nc1ccc(Sc2nncs2)c(Cl)c1. The number of carbonyl (C=O) groups is 1. The van der Waals surface area contributed by atoms with E-state index in [1.54, 1.807) is 17.6 Å². The molecule has 0 spiro atoms. The summed E-state index contributed by atoms with van der Waals surface area (Å²) in [5.74, 6) is -0.140. The molecular weight excluding hydrogens is 328 g/mol. The number of nitrogens with two attached hydrogens (primary N) is 1. The maximum atomic E-state index is 11.9. The fourth-order valence-corrected chi connectivity index (χ4v) is 3.23. The van der Waals surface area contributed by atoms with Gasteiger partial charge in [-0.1, -0.05) is 48.5 Å². The van der Waals surface area contributed by atoms with Gasteiger partial charge >= 0.3 is 0 Å². The Bertz CT molecular complexity index is 619. The number of anilines is 1. The molecule has 1 heterocycles. The highest BCUT2D eigenvalue weighted by Crippen LogP contribution is 2.35. The standard InChI is InChI=1S/C13H15ClN4OS2/c1-7(2)11(15)12(19)17-8-3-4-10(9(14)5-8)21-13-18-16-6-20-13/h3-7,11H,15H2,1-2H3,(H,17,19)/t11-/m0/s1. The number of amides is 1. The zero-order valence-corrected chi connectivity index (χ0v) is 13.9. The predicted octanol–water partition coefficient (Wildman–Crippen LogP) is 3.26. The van der Waals surface area contributed by atoms with Crippen molar-refractivity contribution in [1.82, 2.24) is 10.2 Å². The molecule has 2 aromatic rings. The molecule has 2 rings (SSSR count). The summed E-state index contributed by atoms with van der Waals surface area (Å²) in [6, 6.07) is 4.79. The monoisotopic (exact) mass is 342 g/mol. The van der Waals surface area contributed by atoms with Crippen LogP contribution in [0.1, 0.15) is 13.8 Å². The summed E-state index contributed by atoms with van der Waals surface area (Å²) in [5, 5.41) is 11.0. The summed E-state index contributed by atoms with van der Waals surface area (Å²) in [4.78, 5) is 12.8. The predicted molar refractivity (Wildman–Crippen MR) is 86.9 cm³/mol. The van der Waals surface area contributed by atoms with Gasteiger partial charge in [0.05, 0.1) is 11.1 Å². The van der Waals surface area contributed by atoms with Crippen LogP contribution in [0.4, 0.5) is 5.69 Å². The van der Waals surface area contributed by atoms with Crippen LogP contribution < -0.4 is 11.1 Å². The second-order valence-electron chi connectivity index (χ2n) is 4.71. The Hall–Kier alpha value is -1.15. The second kappa shape index (κ2) is 7.22. The van der Waals surface area contributed by atoms with Crippen LogP contribution in [0.2, 0.25) is 5.02 Å². The summed E-state index contributed by atoms with van der Waals surface area (Å²) in [7, 11) is 0. The van der Waals surface area contributed by atoms with Gasteiger partial charge in [-0.25, -0.2) is 0 Å². The Morgan fingerprint density at radius 2 is 2.24 bits per heavy atom. The maximum absolute atomic E-state index is 11.9. The molecule has 0 saturated carbocycles. The molecular formula is C13H15ClN4OS2. The van der Waals surface area contributed by atoms with Gasteiger partial charge in [0, 0.05) is 10.6 Å². The van der Waals surface area contributed by atoms with Gasteiger partial charge in [0.25, 0.3) is 0 Å². The number of nitrogens with zero attached hydrogens (tertiary/aromatic N) is 2. The lowest BCUT2D eigenvalue weighted by Crippen LogP contribution is -2.39. The van der Waals surface area contributed by atoms with E-state index in [0.717, 1.165) is 9.24 Å². The van der Waals surface area contributed by atoms with Crippen LogP contribution in [0, 0.1) is 5.92 Å². The Balaban J connectivity index is 2.07. The van der Waals surface area contributed by atoms with Gasteiger partial charge in [0.1, 0.15) is 5.51 Å². The zero-order chi connectivity index (χ0) is 15.4. The second-order valence-corrected chi connectivity index (χ2v) is 7.24. The van der Waals surface area contributed by atoms with Gasteiger partial charge in [-0.2, -0.15) is 0 Å². The molecule has 112 valence electrons. The first kappa shape index (κ1) is 16.2. The summed E-state index contributed by atoms with van der Waals surface area (Å²) < 4.78 is 0.815. The molecule has 8 heteroatoms. The number of carbonyl (C=O) groups excluding carboxylic acids is 1. The highest BCUT2D eigenvalue weighted by atomic mass is 35.5. The molecule has 0 aliphatic carbocycles. The van der Waals surface area contributed by atoms with Crippen molar-refractivity contribution in [2.75, 3.05) is 5.32 Å². The first-order valence-corrected chi connectivity index (χ1v) is 8.35. The summed E-state index contributed by atoms with van der Waals surface area (Å²) in [5.41, 5.74) is 8.10. The smallest absolute Gasteiger partial charge is 0.241 e. The number of aromatic nitrogens is 2. The molecule has 1 aromatic carbocycles. The first-order valence-electron chi connectivity index (χ1n) is 6.27. The number of rotatable bonds is 5. The topological polar surface area (TPSA) is 80.9 Å². The Morgan fingerprint density at radius 3 is 2.81 bits per heavy atom. The molecule has 0 bridgehead atoms. The molecule has 0 saturated heterocycles. The van der Waals surface area contributed by atoms with Gasteiger partial charge in [0.2, 0.25) is 5.91 Å². The van der Waals surface area contributed by atoms with Crippen LogP contribution in [0.5, 0.6) is 0 Å². The summed E-state index contributed by atoms with van der Waals surface area (Å²) in [6.07, 6.45) is 0. The zero-order valence-electron chi connectivity index (χ0n) is 11.5. The van der Waals surface area contributed by atoms with Crippen molar-refractivity contribution < 1.29 is 4.79 Å². The highest BCUT2D eigenvalue weighted by Gasteiger charge is 2.17. The number of benzene rings is 1. The summed E-state index contributed by atoms with van der Waals surface area (Å²) >= 11 is 9.10. The van der Waals surface area contributed by atoms with Gasteiger partial charge in [0.15, 0.2) is 4.34 Å². The third-order valence-electron chi connectivity index (χ3n) is 2.76. The Labute approximate surface area is 136 Å². The lowest BCUT2D eigenvalue weighted by molar-refractivity contribution is -0.118. The van der Waals surface area contributed by atoms with Crippen LogP contribution in [0.3, 0.4) is 0 Å². The fourth-order valence-electron chi connectivity index (χ4n) is 1.49. The van der Waals surface area contributed by atoms with E-state index in [9.17, 15) is 4.79 Å². The minimum absolute atomic E-state index is 0.0766. The largest absolute Gasteiger partial charge is 0.325 e. The molecule has 0 unspecified atom stereocenters. The average molecular weight is 343 g/mol. The normalized spacial score (nSPS) is 12.4. The molecule has 0 fully saturated rings. The van der Waals surface area contributed by atoms with Gasteiger partial charge in [-0.05, 0) is 24.1 Å². The summed E-state index contributed by atoms with van der Waals surface area (Å²) in [6.45, 7) is 3.80. The third kappa shape index (κ3) is 4.41. The van der Waals surface area contributed by atoms with E-state index >= 15 is 0 Å². The molecule has 1 amide bonds. The first-order chi connectivity index (χ1) is 9.97. The van der Waals surface area contributed by atoms with Crippen molar-refractivity contribution in [3.05, 3.63) is 28.7 Å². The van der Waals surface area contributed by atoms with Crippen molar-refractivity contribution in [2.24, 2.45) is 11.7 Å². The van der Waals surface area contributed by atoms with Crippen molar-refractivity contribution in [3.63, 3.8) is 0 Å². The maximum Gasteiger partial charge on any atom is 0.241 e. The molecule has 1 atom stereocenters. The van der Waals surface area contributed by atoms with Crippen LogP contribution in [0.25, 0.3) is 0 Å². The van der Waals surface area contributed by atoms with E-state index in [-0.39, 0.29) is 11.8 Å². The molecule has 21 heavy (non-hydrogen) atoms. The third-order valence-corrected chi connectivity index (χ3v) is 5.04. The highest BCUT2D eigenvalue weighted by molar-refractivity contribution is 8.01. The Kier molecular flexibility index (Phi) is 5.58. The van der Waals surface area contributed by atoms with E-state index < -0.39 is 6.04 Å². The fraction of sp³-hybridized carbons (Fsp3) is 0.308. The van der Waals surface area contributed by atoms with Crippen LogP contribution in [-0.4, -0.2) is 22.1 Å². The Morgan fingerprint density at radius 1 is 1.48 bits per heavy atom. The number of nitrogens with one attached hydrogen (secondary N) is 1. The van der Waals surface area contributed by atoms with E-state index in [1.165, 1.54) is 23.1 Å². The van der Waals surface area contributed by atoms with Gasteiger partial charge in [-0.3, -0.25) is 4.79 Å². The van der Waals surface area contributed by atoms with Crippen LogP contribution in [-0.2, 0) is 4.79 Å². The van der Waals surface area contributed by atoms with E-state index in [4.69, 9.17) is 17.3 Å². The lowest BCUT2D eigenvalue weighted by Gasteiger charge is -2.15. The van der Waals surface area contributed by atoms with Crippen molar-refractivity contribution in [3.8, 4) is 0 Å². The van der Waals surface area contributed by atoms with Crippen molar-refractivity contribution in [2.45, 2.75) is 29.1 Å². The van der Waals surface area contributed by atoms with Gasteiger partial charge < -0.3 is 11.1 Å². The van der Waals surface area contributed by atoms with E-state index in [0.29, 0.717) is 10.7 Å². The van der Waals surface area contributed by atoms with Crippen molar-refractivity contribution >= 4 is 46.3 Å². The molecule has 0 aliphatic rings. The molecule has 3 N–H and O–H groups in total. The average Bonchev–Trinajstić information content (AvgIpc) is 2.93. The quantitative estimate of drug-likeness (QED) is 0.871.